The van der Waals surface area contributed by atoms with Gasteiger partial charge >= 0.3 is 17.9 Å². The van der Waals surface area contributed by atoms with E-state index in [0.29, 0.717) is 19.3 Å². The molecule has 0 radical (unpaired) electrons. The summed E-state index contributed by atoms with van der Waals surface area (Å²) in [4.78, 5) is 38.2. The number of unbranched alkanes of at least 4 members (excludes halogenated alkanes) is 29. The monoisotopic (exact) mass is 989 g/mol. The van der Waals surface area contributed by atoms with Crippen LogP contribution in [-0.2, 0) is 28.6 Å². The van der Waals surface area contributed by atoms with Crippen LogP contribution in [0.2, 0.25) is 0 Å². The molecule has 0 unspecified atom stereocenters. The van der Waals surface area contributed by atoms with E-state index < -0.39 is 6.10 Å². The highest BCUT2D eigenvalue weighted by molar-refractivity contribution is 5.71. The minimum atomic E-state index is -0.810. The van der Waals surface area contributed by atoms with E-state index in [2.05, 4.69) is 106 Å². The van der Waals surface area contributed by atoms with Gasteiger partial charge in [0.15, 0.2) is 6.10 Å². The Morgan fingerprint density at radius 3 is 0.873 bits per heavy atom. The van der Waals surface area contributed by atoms with Gasteiger partial charge in [0.2, 0.25) is 0 Å². The molecule has 408 valence electrons. The van der Waals surface area contributed by atoms with Crippen LogP contribution in [0.15, 0.2) is 85.1 Å². The zero-order chi connectivity index (χ0) is 51.4. The van der Waals surface area contributed by atoms with E-state index in [-0.39, 0.29) is 37.5 Å². The third-order valence-corrected chi connectivity index (χ3v) is 12.8. The molecule has 0 N–H and O–H groups in total. The van der Waals surface area contributed by atoms with Gasteiger partial charge < -0.3 is 14.2 Å². The fraction of sp³-hybridized carbons (Fsp3) is 0.738. The van der Waals surface area contributed by atoms with Gasteiger partial charge in [-0.05, 0) is 116 Å². The van der Waals surface area contributed by atoms with E-state index in [1.54, 1.807) is 0 Å². The lowest BCUT2D eigenvalue weighted by molar-refractivity contribution is -0.167. The van der Waals surface area contributed by atoms with Crippen molar-refractivity contribution in [1.82, 2.24) is 0 Å². The molecule has 0 aliphatic heterocycles. The summed E-state index contributed by atoms with van der Waals surface area (Å²) in [5, 5.41) is 0. The summed E-state index contributed by atoms with van der Waals surface area (Å²) >= 11 is 0. The molecule has 0 spiro atoms. The van der Waals surface area contributed by atoms with Crippen LogP contribution < -0.4 is 0 Å². The van der Waals surface area contributed by atoms with Gasteiger partial charge in [-0.1, -0.05) is 241 Å². The van der Waals surface area contributed by atoms with Crippen LogP contribution in [0.25, 0.3) is 0 Å². The average Bonchev–Trinajstić information content (AvgIpc) is 3.37. The first-order chi connectivity index (χ1) is 35.0. The van der Waals surface area contributed by atoms with Gasteiger partial charge in [-0.15, -0.1) is 0 Å². The number of ether oxygens (including phenoxy) is 3. The van der Waals surface area contributed by atoms with Gasteiger partial charge in [0.05, 0.1) is 0 Å². The quantitative estimate of drug-likeness (QED) is 0.0261. The summed E-state index contributed by atoms with van der Waals surface area (Å²) in [5.41, 5.74) is 0. The molecule has 0 saturated heterocycles. The molecule has 0 fully saturated rings. The minimum Gasteiger partial charge on any atom is -0.462 e. The lowest BCUT2D eigenvalue weighted by Gasteiger charge is -2.18. The van der Waals surface area contributed by atoms with E-state index in [1.807, 2.05) is 0 Å². The number of hydrogen-bond donors (Lipinski definition) is 0. The van der Waals surface area contributed by atoms with Crippen molar-refractivity contribution in [2.24, 2.45) is 0 Å². The SMILES string of the molecule is CCCCC/C=C\C/C=C\C/C=C\C/C=C\CCCC(=O)O[C@H](COC(=O)CCCCCCCCC/C=C\CCCCCCCC)COC(=O)CCCCCCCCCCC/C=C\C/C=C\CCCCC. The zero-order valence-electron chi connectivity index (χ0n) is 46.7. The highest BCUT2D eigenvalue weighted by atomic mass is 16.6. The second-order valence-electron chi connectivity index (χ2n) is 19.9. The summed E-state index contributed by atoms with van der Waals surface area (Å²) in [5.74, 6) is -0.958. The number of allylic oxidation sites excluding steroid dienone is 14. The Bertz CT molecular complexity index is 1370. The fourth-order valence-corrected chi connectivity index (χ4v) is 8.28. The normalized spacial score (nSPS) is 12.7. The Balaban J connectivity index is 4.46. The van der Waals surface area contributed by atoms with E-state index >= 15 is 0 Å². The highest BCUT2D eigenvalue weighted by Crippen LogP contribution is 2.15. The van der Waals surface area contributed by atoms with E-state index in [4.69, 9.17) is 14.2 Å². The van der Waals surface area contributed by atoms with Crippen LogP contribution in [0.3, 0.4) is 0 Å². The summed E-state index contributed by atoms with van der Waals surface area (Å²) < 4.78 is 16.8. The molecule has 0 bridgehead atoms. The van der Waals surface area contributed by atoms with Crippen molar-refractivity contribution in [2.45, 2.75) is 297 Å². The van der Waals surface area contributed by atoms with Crippen molar-refractivity contribution in [2.75, 3.05) is 13.2 Å². The number of carbonyl (C=O) groups is 3. The minimum absolute atomic E-state index is 0.101. The molecular formula is C65H112O6. The summed E-state index contributed by atoms with van der Waals surface area (Å²) in [6.07, 6.45) is 77.2. The van der Waals surface area contributed by atoms with E-state index in [0.717, 1.165) is 70.6 Å². The second kappa shape index (κ2) is 59.2. The van der Waals surface area contributed by atoms with Crippen molar-refractivity contribution in [3.63, 3.8) is 0 Å². The Morgan fingerprint density at radius 2 is 0.521 bits per heavy atom. The lowest BCUT2D eigenvalue weighted by atomic mass is 10.1. The maximum absolute atomic E-state index is 12.9. The smallest absolute Gasteiger partial charge is 0.306 e. The third-order valence-electron chi connectivity index (χ3n) is 12.8. The zero-order valence-corrected chi connectivity index (χ0v) is 46.7. The van der Waals surface area contributed by atoms with E-state index in [9.17, 15) is 14.4 Å². The lowest BCUT2D eigenvalue weighted by Crippen LogP contribution is -2.30. The molecule has 0 aromatic carbocycles. The van der Waals surface area contributed by atoms with Gasteiger partial charge in [-0.2, -0.15) is 0 Å². The molecule has 6 heteroatoms. The van der Waals surface area contributed by atoms with Gasteiger partial charge in [0.1, 0.15) is 13.2 Å². The molecule has 0 amide bonds. The highest BCUT2D eigenvalue weighted by Gasteiger charge is 2.19. The molecule has 71 heavy (non-hydrogen) atoms. The van der Waals surface area contributed by atoms with Crippen molar-refractivity contribution in [3.8, 4) is 0 Å². The Morgan fingerprint density at radius 1 is 0.282 bits per heavy atom. The molecule has 0 aromatic heterocycles. The predicted octanol–water partition coefficient (Wildman–Crippen LogP) is 20.3. The molecule has 0 aliphatic carbocycles. The van der Waals surface area contributed by atoms with Crippen molar-refractivity contribution < 1.29 is 28.6 Å². The average molecular weight is 990 g/mol. The fourth-order valence-electron chi connectivity index (χ4n) is 8.28. The topological polar surface area (TPSA) is 78.9 Å². The first kappa shape index (κ1) is 67.6. The van der Waals surface area contributed by atoms with Crippen LogP contribution in [0, 0.1) is 0 Å². The summed E-state index contributed by atoms with van der Waals surface area (Å²) in [6, 6.07) is 0. The molecule has 0 heterocycles. The maximum atomic E-state index is 12.9. The summed E-state index contributed by atoms with van der Waals surface area (Å²) in [6.45, 7) is 6.55. The van der Waals surface area contributed by atoms with Crippen molar-refractivity contribution in [3.05, 3.63) is 85.1 Å². The van der Waals surface area contributed by atoms with Gasteiger partial charge in [0.25, 0.3) is 0 Å². The van der Waals surface area contributed by atoms with Crippen molar-refractivity contribution >= 4 is 17.9 Å². The number of carbonyl (C=O) groups excluding carboxylic acids is 3. The number of esters is 3. The maximum Gasteiger partial charge on any atom is 0.306 e. The standard InChI is InChI=1S/C65H112O6/c1-4-7-10-13-16-19-22-25-28-31-32-35-37-40-43-46-49-52-55-58-64(67)70-61-62(71-65(68)59-56-53-50-47-44-41-38-34-30-27-24-21-18-15-12-9-6-3)60-69-63(66)57-54-51-48-45-42-39-36-33-29-26-23-20-17-14-11-8-5-2/h16,18-19,21,25-30,38,41,47,50,62H,4-15,17,20,22-24,31-37,39-40,42-46,48-49,51-61H2,1-3H3/b19-16-,21-18-,28-25-,29-26-,30-27-,41-38-,50-47-/t62-/m1/s1. The number of rotatable bonds is 54. The Hall–Kier alpha value is -3.41. The molecule has 0 aromatic rings. The predicted molar refractivity (Wildman–Crippen MR) is 307 cm³/mol. The van der Waals surface area contributed by atoms with Crippen LogP contribution >= 0.6 is 0 Å². The Labute approximate surface area is 439 Å². The molecule has 1 atom stereocenters. The van der Waals surface area contributed by atoms with Crippen LogP contribution in [0.1, 0.15) is 290 Å². The second-order valence-corrected chi connectivity index (χ2v) is 19.9. The molecule has 0 aliphatic rings. The third kappa shape index (κ3) is 57.4. The van der Waals surface area contributed by atoms with Crippen LogP contribution in [0.4, 0.5) is 0 Å². The first-order valence-electron chi connectivity index (χ1n) is 30.1. The van der Waals surface area contributed by atoms with Crippen molar-refractivity contribution in [1.29, 1.82) is 0 Å². The summed E-state index contributed by atoms with van der Waals surface area (Å²) in [7, 11) is 0. The van der Waals surface area contributed by atoms with Gasteiger partial charge in [-0.25, -0.2) is 0 Å². The number of hydrogen-bond acceptors (Lipinski definition) is 6. The molecule has 0 saturated carbocycles. The Kier molecular flexibility index (Phi) is 56.3. The molecular weight excluding hydrogens is 877 g/mol. The van der Waals surface area contributed by atoms with Crippen LogP contribution in [-0.4, -0.2) is 37.2 Å². The largest absolute Gasteiger partial charge is 0.462 e. The first-order valence-corrected chi connectivity index (χ1v) is 30.1. The molecule has 0 rings (SSSR count). The molecule has 6 nitrogen and oxygen atoms in total. The van der Waals surface area contributed by atoms with Crippen LogP contribution in [0.5, 0.6) is 0 Å². The van der Waals surface area contributed by atoms with E-state index in [1.165, 1.54) is 173 Å². The van der Waals surface area contributed by atoms with Gasteiger partial charge in [-0.3, -0.25) is 14.4 Å². The van der Waals surface area contributed by atoms with Gasteiger partial charge in [0, 0.05) is 19.3 Å².